The predicted octanol–water partition coefficient (Wildman–Crippen LogP) is 4.39. The number of hydrogen-bond donors (Lipinski definition) is 1. The Kier molecular flexibility index (Phi) is 7.21. The Balaban J connectivity index is 1.99. The van der Waals surface area contributed by atoms with E-state index in [0.717, 1.165) is 17.7 Å². The van der Waals surface area contributed by atoms with Gasteiger partial charge in [0, 0.05) is 5.69 Å². The lowest BCUT2D eigenvalue weighted by Crippen LogP contribution is -2.22. The first-order valence-electron chi connectivity index (χ1n) is 8.84. The van der Waals surface area contributed by atoms with Gasteiger partial charge in [0.2, 0.25) is 0 Å². The molecule has 0 radical (unpaired) electrons. The first kappa shape index (κ1) is 19.5. The van der Waals surface area contributed by atoms with Crippen LogP contribution < -0.4 is 10.1 Å². The zero-order chi connectivity index (χ0) is 18.9. The average molecular weight is 355 g/mol. The van der Waals surface area contributed by atoms with E-state index in [1.165, 1.54) is 0 Å². The number of nitrogens with one attached hydrogen (secondary N) is 1. The van der Waals surface area contributed by atoms with Crippen molar-refractivity contribution in [3.8, 4) is 5.75 Å². The zero-order valence-corrected chi connectivity index (χ0v) is 15.5. The minimum atomic E-state index is -0.584. The molecule has 0 aliphatic rings. The maximum absolute atomic E-state index is 12.2. The van der Waals surface area contributed by atoms with Crippen molar-refractivity contribution in [3.63, 3.8) is 0 Å². The molecule has 1 atom stereocenters. The maximum Gasteiger partial charge on any atom is 0.342 e. The van der Waals surface area contributed by atoms with Crippen molar-refractivity contribution in [2.45, 2.75) is 33.1 Å². The van der Waals surface area contributed by atoms with E-state index in [9.17, 15) is 9.59 Å². The van der Waals surface area contributed by atoms with Crippen LogP contribution in [-0.4, -0.2) is 25.1 Å². The summed E-state index contributed by atoms with van der Waals surface area (Å²) in [6.45, 7) is 6.13. The van der Waals surface area contributed by atoms with Crippen LogP contribution in [0.15, 0.2) is 48.5 Å². The minimum absolute atomic E-state index is 0.308. The van der Waals surface area contributed by atoms with Crippen molar-refractivity contribution < 1.29 is 19.1 Å². The van der Waals surface area contributed by atoms with Crippen LogP contribution in [0.3, 0.4) is 0 Å². The lowest BCUT2D eigenvalue weighted by molar-refractivity contribution is -0.119. The van der Waals surface area contributed by atoms with E-state index in [0.29, 0.717) is 23.8 Å². The first-order valence-corrected chi connectivity index (χ1v) is 8.84. The second kappa shape index (κ2) is 9.61. The standard InChI is InChI=1S/C21H25NO4/c1-4-15(3)16-10-6-8-12-18(16)22-20(23)14-26-21(24)17-11-7-9-13-19(17)25-5-2/h6-13,15H,4-5,14H2,1-3H3,(H,22,23)/t15-/m0/s1. The number of para-hydroxylation sites is 2. The van der Waals surface area contributed by atoms with Gasteiger partial charge in [-0.2, -0.15) is 0 Å². The van der Waals surface area contributed by atoms with Gasteiger partial charge in [0.25, 0.3) is 5.91 Å². The molecular weight excluding hydrogens is 330 g/mol. The molecule has 0 unspecified atom stereocenters. The van der Waals surface area contributed by atoms with Crippen LogP contribution in [-0.2, 0) is 9.53 Å². The summed E-state index contributed by atoms with van der Waals surface area (Å²) >= 11 is 0. The molecule has 0 bridgehead atoms. The van der Waals surface area contributed by atoms with Gasteiger partial charge in [0.05, 0.1) is 6.61 Å². The number of carbonyl (C=O) groups excluding carboxylic acids is 2. The number of hydrogen-bond acceptors (Lipinski definition) is 4. The highest BCUT2D eigenvalue weighted by Crippen LogP contribution is 2.26. The van der Waals surface area contributed by atoms with E-state index in [1.54, 1.807) is 24.3 Å². The smallest absolute Gasteiger partial charge is 0.342 e. The third-order valence-corrected chi connectivity index (χ3v) is 4.12. The molecule has 1 amide bonds. The Labute approximate surface area is 154 Å². The van der Waals surface area contributed by atoms with Gasteiger partial charge in [-0.1, -0.05) is 44.2 Å². The van der Waals surface area contributed by atoms with E-state index in [-0.39, 0.29) is 12.5 Å². The number of benzene rings is 2. The minimum Gasteiger partial charge on any atom is -0.493 e. The van der Waals surface area contributed by atoms with Crippen molar-refractivity contribution in [1.29, 1.82) is 0 Å². The van der Waals surface area contributed by atoms with Crippen molar-refractivity contribution in [1.82, 2.24) is 0 Å². The Hall–Kier alpha value is -2.82. The van der Waals surface area contributed by atoms with Crippen molar-refractivity contribution in [2.75, 3.05) is 18.5 Å². The number of anilines is 1. The van der Waals surface area contributed by atoms with E-state index in [4.69, 9.17) is 9.47 Å². The van der Waals surface area contributed by atoms with E-state index < -0.39 is 5.97 Å². The molecule has 138 valence electrons. The maximum atomic E-state index is 12.2. The topological polar surface area (TPSA) is 64.6 Å². The molecule has 0 spiro atoms. The second-order valence-corrected chi connectivity index (χ2v) is 5.95. The summed E-state index contributed by atoms with van der Waals surface area (Å²) < 4.78 is 10.6. The Morgan fingerprint density at radius 3 is 2.46 bits per heavy atom. The van der Waals surface area contributed by atoms with Crippen molar-refractivity contribution in [3.05, 3.63) is 59.7 Å². The van der Waals surface area contributed by atoms with Gasteiger partial charge < -0.3 is 14.8 Å². The molecule has 0 fully saturated rings. The monoisotopic (exact) mass is 355 g/mol. The molecule has 0 aromatic heterocycles. The summed E-state index contributed by atoms with van der Waals surface area (Å²) in [6, 6.07) is 14.5. The number of rotatable bonds is 8. The number of amides is 1. The highest BCUT2D eigenvalue weighted by Gasteiger charge is 2.16. The Bertz CT molecular complexity index is 757. The molecule has 26 heavy (non-hydrogen) atoms. The van der Waals surface area contributed by atoms with Gasteiger partial charge in [0.1, 0.15) is 11.3 Å². The van der Waals surface area contributed by atoms with Gasteiger partial charge in [-0.05, 0) is 43.0 Å². The summed E-state index contributed by atoms with van der Waals surface area (Å²) in [5.74, 6) is -0.183. The first-order chi connectivity index (χ1) is 12.6. The summed E-state index contributed by atoms with van der Waals surface area (Å²) in [7, 11) is 0. The van der Waals surface area contributed by atoms with Gasteiger partial charge in [-0.3, -0.25) is 4.79 Å². The molecule has 2 aromatic carbocycles. The average Bonchev–Trinajstić information content (AvgIpc) is 2.66. The molecule has 0 saturated carbocycles. The molecule has 5 heteroatoms. The molecule has 5 nitrogen and oxygen atoms in total. The van der Waals surface area contributed by atoms with Gasteiger partial charge in [-0.15, -0.1) is 0 Å². The summed E-state index contributed by atoms with van der Waals surface area (Å²) in [4.78, 5) is 24.4. The highest BCUT2D eigenvalue weighted by molar-refractivity contribution is 5.97. The normalized spacial score (nSPS) is 11.5. The van der Waals surface area contributed by atoms with Crippen LogP contribution in [0.25, 0.3) is 0 Å². The molecule has 0 saturated heterocycles. The van der Waals surface area contributed by atoms with Crippen LogP contribution in [0.4, 0.5) is 5.69 Å². The molecule has 0 aliphatic carbocycles. The quantitative estimate of drug-likeness (QED) is 0.713. The second-order valence-electron chi connectivity index (χ2n) is 5.95. The van der Waals surface area contributed by atoms with E-state index >= 15 is 0 Å². The fraction of sp³-hybridized carbons (Fsp3) is 0.333. The third kappa shape index (κ3) is 5.09. The fourth-order valence-electron chi connectivity index (χ4n) is 2.57. The lowest BCUT2D eigenvalue weighted by atomic mass is 9.97. The summed E-state index contributed by atoms with van der Waals surface area (Å²) in [5, 5.41) is 2.82. The largest absolute Gasteiger partial charge is 0.493 e. The lowest BCUT2D eigenvalue weighted by Gasteiger charge is -2.15. The molecule has 2 rings (SSSR count). The van der Waals surface area contributed by atoms with Crippen LogP contribution in [0.5, 0.6) is 5.75 Å². The molecule has 0 heterocycles. The van der Waals surface area contributed by atoms with Gasteiger partial charge in [-0.25, -0.2) is 4.79 Å². The summed E-state index contributed by atoms with van der Waals surface area (Å²) in [5.41, 5.74) is 2.12. The fourth-order valence-corrected chi connectivity index (χ4v) is 2.57. The van der Waals surface area contributed by atoms with Gasteiger partial charge in [0.15, 0.2) is 6.61 Å². The molecular formula is C21H25NO4. The molecule has 0 aliphatic heterocycles. The summed E-state index contributed by atoms with van der Waals surface area (Å²) in [6.07, 6.45) is 0.968. The zero-order valence-electron chi connectivity index (χ0n) is 15.5. The van der Waals surface area contributed by atoms with Gasteiger partial charge >= 0.3 is 5.97 Å². The number of carbonyl (C=O) groups is 2. The Morgan fingerprint density at radius 2 is 1.73 bits per heavy atom. The van der Waals surface area contributed by atoms with Crippen LogP contribution in [0, 0.1) is 0 Å². The van der Waals surface area contributed by atoms with E-state index in [1.807, 2.05) is 31.2 Å². The van der Waals surface area contributed by atoms with Crippen LogP contribution >= 0.6 is 0 Å². The molecule has 1 N–H and O–H groups in total. The third-order valence-electron chi connectivity index (χ3n) is 4.12. The number of esters is 1. The SMILES string of the molecule is CCOc1ccccc1C(=O)OCC(=O)Nc1ccccc1[C@@H](C)CC. The number of ether oxygens (including phenoxy) is 2. The van der Waals surface area contributed by atoms with Crippen molar-refractivity contribution >= 4 is 17.6 Å². The van der Waals surface area contributed by atoms with Crippen LogP contribution in [0.1, 0.15) is 49.0 Å². The van der Waals surface area contributed by atoms with Crippen molar-refractivity contribution in [2.24, 2.45) is 0 Å². The Morgan fingerprint density at radius 1 is 1.04 bits per heavy atom. The predicted molar refractivity (Wildman–Crippen MR) is 102 cm³/mol. The molecule has 2 aromatic rings. The van der Waals surface area contributed by atoms with Crippen LogP contribution in [0.2, 0.25) is 0 Å². The van der Waals surface area contributed by atoms with E-state index in [2.05, 4.69) is 19.2 Å². The highest BCUT2D eigenvalue weighted by atomic mass is 16.5.